The Morgan fingerprint density at radius 2 is 1.75 bits per heavy atom. The van der Waals surface area contributed by atoms with Crippen LogP contribution in [0.5, 0.6) is 0 Å². The molecule has 0 unspecified atom stereocenters. The van der Waals surface area contributed by atoms with Gasteiger partial charge in [-0.2, -0.15) is 0 Å². The van der Waals surface area contributed by atoms with Crippen LogP contribution in [0, 0.1) is 0 Å². The van der Waals surface area contributed by atoms with E-state index in [-0.39, 0.29) is 6.04 Å². The van der Waals surface area contributed by atoms with Crippen LogP contribution in [-0.2, 0) is 14.4 Å². The zero-order valence-electron chi connectivity index (χ0n) is 9.60. The first-order valence-electron chi connectivity index (χ1n) is 5.33. The van der Waals surface area contributed by atoms with E-state index in [1.807, 2.05) is 0 Å². The molecule has 0 aromatic carbocycles. The highest BCUT2D eigenvalue weighted by molar-refractivity contribution is 6.35. The van der Waals surface area contributed by atoms with Gasteiger partial charge < -0.3 is 15.1 Å². The molecule has 0 bridgehead atoms. The van der Waals surface area contributed by atoms with Crippen molar-refractivity contribution in [3.63, 3.8) is 0 Å². The topological polar surface area (TPSA) is 69.7 Å². The van der Waals surface area contributed by atoms with Crippen molar-refractivity contribution in [2.45, 2.75) is 19.9 Å². The quantitative estimate of drug-likeness (QED) is 0.476. The highest BCUT2D eigenvalue weighted by Gasteiger charge is 2.25. The van der Waals surface area contributed by atoms with E-state index >= 15 is 0 Å². The summed E-state index contributed by atoms with van der Waals surface area (Å²) in [5.41, 5.74) is 0. The Hall–Kier alpha value is -1.59. The number of hydrogen-bond donors (Lipinski definition) is 1. The standard InChI is InChI=1S/C10H17N3O3/c1-8(2)11-9(15)10(16)13-5-3-12(7-14)4-6-13/h7-8H,3-6H2,1-2H3,(H,11,15). The van der Waals surface area contributed by atoms with Gasteiger partial charge in [0.2, 0.25) is 6.41 Å². The van der Waals surface area contributed by atoms with Gasteiger partial charge in [-0.05, 0) is 13.8 Å². The van der Waals surface area contributed by atoms with Crippen molar-refractivity contribution in [3.8, 4) is 0 Å². The van der Waals surface area contributed by atoms with E-state index in [0.29, 0.717) is 26.2 Å². The van der Waals surface area contributed by atoms with Gasteiger partial charge in [-0.3, -0.25) is 14.4 Å². The maximum Gasteiger partial charge on any atom is 0.312 e. The van der Waals surface area contributed by atoms with E-state index < -0.39 is 11.8 Å². The maximum absolute atomic E-state index is 11.6. The lowest BCUT2D eigenvalue weighted by atomic mass is 10.3. The number of piperazine rings is 1. The van der Waals surface area contributed by atoms with Crippen molar-refractivity contribution in [2.75, 3.05) is 26.2 Å². The van der Waals surface area contributed by atoms with E-state index in [1.165, 1.54) is 4.90 Å². The fourth-order valence-electron chi connectivity index (χ4n) is 1.50. The Morgan fingerprint density at radius 3 is 2.19 bits per heavy atom. The predicted molar refractivity (Wildman–Crippen MR) is 57.5 cm³/mol. The molecule has 0 aliphatic carbocycles. The summed E-state index contributed by atoms with van der Waals surface area (Å²) in [6.07, 6.45) is 0.760. The summed E-state index contributed by atoms with van der Waals surface area (Å²) < 4.78 is 0. The Morgan fingerprint density at radius 1 is 1.19 bits per heavy atom. The molecule has 90 valence electrons. The van der Waals surface area contributed by atoms with Crippen LogP contribution in [0.25, 0.3) is 0 Å². The first-order valence-corrected chi connectivity index (χ1v) is 5.33. The summed E-state index contributed by atoms with van der Waals surface area (Å²) in [7, 11) is 0. The number of carbonyl (C=O) groups is 3. The summed E-state index contributed by atoms with van der Waals surface area (Å²) >= 11 is 0. The van der Waals surface area contributed by atoms with Gasteiger partial charge in [0.25, 0.3) is 0 Å². The van der Waals surface area contributed by atoms with E-state index in [0.717, 1.165) is 6.41 Å². The van der Waals surface area contributed by atoms with Crippen LogP contribution in [0.2, 0.25) is 0 Å². The van der Waals surface area contributed by atoms with Crippen LogP contribution in [0.4, 0.5) is 0 Å². The average molecular weight is 227 g/mol. The number of hydrogen-bond acceptors (Lipinski definition) is 3. The first kappa shape index (κ1) is 12.5. The lowest BCUT2D eigenvalue weighted by Gasteiger charge is -2.32. The molecule has 0 atom stereocenters. The molecule has 0 aromatic heterocycles. The van der Waals surface area contributed by atoms with E-state index in [1.54, 1.807) is 18.7 Å². The molecule has 1 fully saturated rings. The van der Waals surface area contributed by atoms with Gasteiger partial charge in [0.15, 0.2) is 0 Å². The monoisotopic (exact) mass is 227 g/mol. The molecule has 1 aliphatic heterocycles. The van der Waals surface area contributed by atoms with Crippen LogP contribution in [0.3, 0.4) is 0 Å². The Kier molecular flexibility index (Phi) is 4.28. The molecule has 1 saturated heterocycles. The van der Waals surface area contributed by atoms with Gasteiger partial charge in [-0.1, -0.05) is 0 Å². The van der Waals surface area contributed by atoms with Gasteiger partial charge in [-0.25, -0.2) is 0 Å². The lowest BCUT2D eigenvalue weighted by Crippen LogP contribution is -2.52. The molecule has 0 spiro atoms. The summed E-state index contributed by atoms with van der Waals surface area (Å²) in [6, 6.07) is -0.0484. The van der Waals surface area contributed by atoms with Gasteiger partial charge in [0, 0.05) is 32.2 Å². The van der Waals surface area contributed by atoms with Crippen molar-refractivity contribution >= 4 is 18.2 Å². The lowest BCUT2D eigenvalue weighted by molar-refractivity contribution is -0.147. The second-order valence-electron chi connectivity index (χ2n) is 4.06. The molecular formula is C10H17N3O3. The molecule has 0 aromatic rings. The fraction of sp³-hybridized carbons (Fsp3) is 0.700. The smallest absolute Gasteiger partial charge is 0.312 e. The molecule has 6 nitrogen and oxygen atoms in total. The van der Waals surface area contributed by atoms with Gasteiger partial charge in [0.05, 0.1) is 0 Å². The third-order valence-electron chi connectivity index (χ3n) is 2.36. The van der Waals surface area contributed by atoms with E-state index in [4.69, 9.17) is 0 Å². The minimum Gasteiger partial charge on any atom is -0.346 e. The molecule has 6 heteroatoms. The fourth-order valence-corrected chi connectivity index (χ4v) is 1.50. The van der Waals surface area contributed by atoms with Crippen LogP contribution < -0.4 is 5.32 Å². The summed E-state index contributed by atoms with van der Waals surface area (Å²) in [5.74, 6) is -1.09. The second kappa shape index (κ2) is 5.48. The van der Waals surface area contributed by atoms with Crippen molar-refractivity contribution in [1.29, 1.82) is 0 Å². The molecule has 3 amide bonds. The molecule has 1 aliphatic rings. The molecule has 0 saturated carbocycles. The summed E-state index contributed by atoms with van der Waals surface area (Å²) in [5, 5.41) is 2.55. The number of amides is 3. The van der Waals surface area contributed by atoms with Crippen molar-refractivity contribution in [2.24, 2.45) is 0 Å². The zero-order valence-corrected chi connectivity index (χ0v) is 9.60. The van der Waals surface area contributed by atoms with Crippen LogP contribution in [0.1, 0.15) is 13.8 Å². The van der Waals surface area contributed by atoms with Crippen molar-refractivity contribution < 1.29 is 14.4 Å². The second-order valence-corrected chi connectivity index (χ2v) is 4.06. The third-order valence-corrected chi connectivity index (χ3v) is 2.36. The number of rotatable bonds is 2. The van der Waals surface area contributed by atoms with E-state index in [2.05, 4.69) is 5.32 Å². The Balaban J connectivity index is 2.44. The van der Waals surface area contributed by atoms with Crippen LogP contribution >= 0.6 is 0 Å². The predicted octanol–water partition coefficient (Wildman–Crippen LogP) is -1.19. The SMILES string of the molecule is CC(C)NC(=O)C(=O)N1CCN(C=O)CC1. The molecule has 16 heavy (non-hydrogen) atoms. The first-order chi connectivity index (χ1) is 7.54. The minimum atomic E-state index is -0.574. The van der Waals surface area contributed by atoms with Crippen molar-refractivity contribution in [3.05, 3.63) is 0 Å². The van der Waals surface area contributed by atoms with Crippen LogP contribution in [0.15, 0.2) is 0 Å². The highest BCUT2D eigenvalue weighted by atomic mass is 16.2. The van der Waals surface area contributed by atoms with Gasteiger partial charge in [0.1, 0.15) is 0 Å². The average Bonchev–Trinajstić information content (AvgIpc) is 2.27. The molecular weight excluding hydrogens is 210 g/mol. The largest absolute Gasteiger partial charge is 0.346 e. The Bertz CT molecular complexity index is 283. The Labute approximate surface area is 94.6 Å². The molecule has 1 rings (SSSR count). The zero-order chi connectivity index (χ0) is 12.1. The normalized spacial score (nSPS) is 16.2. The molecule has 0 radical (unpaired) electrons. The third kappa shape index (κ3) is 3.22. The van der Waals surface area contributed by atoms with Crippen molar-refractivity contribution in [1.82, 2.24) is 15.1 Å². The number of carbonyl (C=O) groups excluding carboxylic acids is 3. The van der Waals surface area contributed by atoms with Crippen LogP contribution in [-0.4, -0.2) is 60.2 Å². The number of nitrogens with zero attached hydrogens (tertiary/aromatic N) is 2. The maximum atomic E-state index is 11.6. The summed E-state index contributed by atoms with van der Waals surface area (Å²) in [4.78, 5) is 36.6. The molecule has 1 heterocycles. The van der Waals surface area contributed by atoms with Gasteiger partial charge in [-0.15, -0.1) is 0 Å². The highest BCUT2D eigenvalue weighted by Crippen LogP contribution is 2.00. The number of nitrogens with one attached hydrogen (secondary N) is 1. The summed E-state index contributed by atoms with van der Waals surface area (Å²) in [6.45, 7) is 5.42. The molecule has 1 N–H and O–H groups in total. The van der Waals surface area contributed by atoms with Gasteiger partial charge >= 0.3 is 11.8 Å². The minimum absolute atomic E-state index is 0.0484. The van der Waals surface area contributed by atoms with E-state index in [9.17, 15) is 14.4 Å².